The Morgan fingerprint density at radius 1 is 1.25 bits per heavy atom. The van der Waals surface area contributed by atoms with Gasteiger partial charge in [-0.15, -0.1) is 0 Å². The molecule has 0 bridgehead atoms. The van der Waals surface area contributed by atoms with Gasteiger partial charge >= 0.3 is 0 Å². The minimum absolute atomic E-state index is 0.349. The largest absolute Gasteiger partial charge is 0.296 e. The van der Waals surface area contributed by atoms with Crippen molar-refractivity contribution in [1.29, 1.82) is 5.26 Å². The van der Waals surface area contributed by atoms with Gasteiger partial charge in [0.25, 0.3) is 0 Å². The van der Waals surface area contributed by atoms with Gasteiger partial charge in [0.05, 0.1) is 17.3 Å². The molecule has 0 atom stereocenters. The molecule has 0 spiro atoms. The average molecular weight is 269 g/mol. The van der Waals surface area contributed by atoms with E-state index in [-0.39, 0.29) is 5.82 Å². The maximum atomic E-state index is 13.4. The van der Waals surface area contributed by atoms with Gasteiger partial charge in [-0.05, 0) is 49.9 Å². The second kappa shape index (κ2) is 6.27. The predicted molar refractivity (Wildman–Crippen MR) is 75.3 cm³/mol. The molecule has 20 heavy (non-hydrogen) atoms. The molecular weight excluding hydrogens is 253 g/mol. The van der Waals surface area contributed by atoms with Gasteiger partial charge in [-0.2, -0.15) is 5.26 Å². The van der Waals surface area contributed by atoms with E-state index in [1.54, 1.807) is 6.07 Å². The number of benzene rings is 1. The van der Waals surface area contributed by atoms with Crippen molar-refractivity contribution in [3.8, 4) is 6.07 Å². The Hall–Kier alpha value is -2.25. The molecule has 0 N–H and O–H groups in total. The molecule has 0 aliphatic rings. The minimum Gasteiger partial charge on any atom is -0.296 e. The van der Waals surface area contributed by atoms with E-state index in [2.05, 4.69) is 4.98 Å². The molecule has 0 amide bonds. The summed E-state index contributed by atoms with van der Waals surface area (Å²) in [5, 5.41) is 8.85. The van der Waals surface area contributed by atoms with E-state index in [9.17, 15) is 4.39 Å². The van der Waals surface area contributed by atoms with Crippen LogP contribution in [0.3, 0.4) is 0 Å². The number of aromatic nitrogens is 1. The first kappa shape index (κ1) is 14.2. The van der Waals surface area contributed by atoms with E-state index >= 15 is 0 Å². The van der Waals surface area contributed by atoms with Crippen LogP contribution in [0.15, 0.2) is 36.4 Å². The van der Waals surface area contributed by atoms with Crippen LogP contribution in [0.25, 0.3) is 0 Å². The fourth-order valence-electron chi connectivity index (χ4n) is 2.14. The van der Waals surface area contributed by atoms with Crippen molar-refractivity contribution < 1.29 is 4.39 Å². The van der Waals surface area contributed by atoms with Crippen LogP contribution in [0, 0.1) is 24.1 Å². The van der Waals surface area contributed by atoms with Gasteiger partial charge < -0.3 is 0 Å². The first-order chi connectivity index (χ1) is 9.56. The molecule has 2 rings (SSSR count). The topological polar surface area (TPSA) is 39.9 Å². The first-order valence-electron chi connectivity index (χ1n) is 6.37. The van der Waals surface area contributed by atoms with Crippen molar-refractivity contribution in [3.63, 3.8) is 0 Å². The number of nitriles is 1. The molecule has 0 unspecified atom stereocenters. The lowest BCUT2D eigenvalue weighted by Crippen LogP contribution is -2.18. The Kier molecular flexibility index (Phi) is 4.44. The summed E-state index contributed by atoms with van der Waals surface area (Å²) in [5.41, 5.74) is 3.09. The summed E-state index contributed by atoms with van der Waals surface area (Å²) in [5.74, 6) is -0.374. The van der Waals surface area contributed by atoms with Gasteiger partial charge in [-0.3, -0.25) is 9.88 Å². The van der Waals surface area contributed by atoms with E-state index in [0.717, 1.165) is 17.0 Å². The smallest absolute Gasteiger partial charge is 0.124 e. The summed E-state index contributed by atoms with van der Waals surface area (Å²) in [4.78, 5) is 6.48. The fourth-order valence-corrected chi connectivity index (χ4v) is 2.14. The zero-order valence-corrected chi connectivity index (χ0v) is 11.6. The van der Waals surface area contributed by atoms with Crippen LogP contribution in [0.4, 0.5) is 4.39 Å². The molecule has 4 heteroatoms. The van der Waals surface area contributed by atoms with Gasteiger partial charge in [0.1, 0.15) is 5.82 Å². The van der Waals surface area contributed by atoms with Gasteiger partial charge in [0.15, 0.2) is 0 Å². The van der Waals surface area contributed by atoms with Gasteiger partial charge in [0.2, 0.25) is 0 Å². The highest BCUT2D eigenvalue weighted by Gasteiger charge is 2.06. The van der Waals surface area contributed by atoms with Crippen LogP contribution in [-0.2, 0) is 13.1 Å². The highest BCUT2D eigenvalue weighted by Crippen LogP contribution is 2.12. The lowest BCUT2D eigenvalue weighted by Gasteiger charge is -2.16. The zero-order valence-electron chi connectivity index (χ0n) is 11.6. The molecule has 0 saturated carbocycles. The number of aryl methyl sites for hydroxylation is 1. The molecule has 0 saturated heterocycles. The van der Waals surface area contributed by atoms with E-state index < -0.39 is 0 Å². The van der Waals surface area contributed by atoms with Crippen molar-refractivity contribution in [2.24, 2.45) is 0 Å². The Balaban J connectivity index is 2.06. The molecule has 102 valence electrons. The molecule has 0 radical (unpaired) electrons. The second-order valence-electron chi connectivity index (χ2n) is 4.90. The molecule has 0 fully saturated rings. The van der Waals surface area contributed by atoms with Crippen molar-refractivity contribution >= 4 is 0 Å². The van der Waals surface area contributed by atoms with Gasteiger partial charge in [-0.25, -0.2) is 4.39 Å². The van der Waals surface area contributed by atoms with Crippen LogP contribution >= 0.6 is 0 Å². The van der Waals surface area contributed by atoms with E-state index in [1.165, 1.54) is 12.1 Å². The van der Waals surface area contributed by atoms with Crippen LogP contribution in [0.1, 0.15) is 22.5 Å². The van der Waals surface area contributed by atoms with Crippen molar-refractivity contribution in [3.05, 3.63) is 64.7 Å². The third-order valence-electron chi connectivity index (χ3n) is 2.92. The maximum absolute atomic E-state index is 13.4. The minimum atomic E-state index is -0.374. The number of halogens is 1. The number of pyridine rings is 1. The highest BCUT2D eigenvalue weighted by atomic mass is 19.1. The zero-order chi connectivity index (χ0) is 14.5. The number of hydrogen-bond acceptors (Lipinski definition) is 3. The Morgan fingerprint density at radius 3 is 2.75 bits per heavy atom. The lowest BCUT2D eigenvalue weighted by molar-refractivity contribution is 0.314. The van der Waals surface area contributed by atoms with Crippen LogP contribution in [-0.4, -0.2) is 16.9 Å². The average Bonchev–Trinajstić information content (AvgIpc) is 2.37. The van der Waals surface area contributed by atoms with Crippen LogP contribution in [0.2, 0.25) is 0 Å². The molecule has 3 nitrogen and oxygen atoms in total. The molecule has 1 aromatic carbocycles. The molecular formula is C16H16FN3. The highest BCUT2D eigenvalue weighted by molar-refractivity contribution is 5.33. The van der Waals surface area contributed by atoms with Crippen molar-refractivity contribution in [2.45, 2.75) is 20.0 Å². The fraction of sp³-hybridized carbons (Fsp3) is 0.250. The Labute approximate surface area is 118 Å². The molecule has 1 heterocycles. The normalized spacial score (nSPS) is 10.6. The number of hydrogen-bond donors (Lipinski definition) is 0. The van der Waals surface area contributed by atoms with Crippen LogP contribution in [0.5, 0.6) is 0 Å². The maximum Gasteiger partial charge on any atom is 0.124 e. The van der Waals surface area contributed by atoms with E-state index in [4.69, 9.17) is 5.26 Å². The summed E-state index contributed by atoms with van der Waals surface area (Å²) in [6.07, 6.45) is 0. The van der Waals surface area contributed by atoms with Crippen molar-refractivity contribution in [1.82, 2.24) is 9.88 Å². The van der Waals surface area contributed by atoms with Gasteiger partial charge in [-0.1, -0.05) is 6.07 Å². The summed E-state index contributed by atoms with van der Waals surface area (Å²) >= 11 is 0. The van der Waals surface area contributed by atoms with E-state index in [0.29, 0.717) is 18.7 Å². The molecule has 0 aliphatic heterocycles. The second-order valence-corrected chi connectivity index (χ2v) is 4.90. The quantitative estimate of drug-likeness (QED) is 0.856. The standard InChI is InChI=1S/C16H16FN3/c1-12-4-3-5-16(19-12)11-20(2)10-14-6-13(9-18)7-15(17)8-14/h3-8H,10-11H2,1-2H3. The summed E-state index contributed by atoms with van der Waals surface area (Å²) < 4.78 is 13.4. The molecule has 2 aromatic rings. The summed E-state index contributed by atoms with van der Waals surface area (Å²) in [6, 6.07) is 12.3. The first-order valence-corrected chi connectivity index (χ1v) is 6.37. The van der Waals surface area contributed by atoms with E-state index in [1.807, 2.05) is 43.1 Å². The van der Waals surface area contributed by atoms with Gasteiger partial charge in [0, 0.05) is 18.8 Å². The third-order valence-corrected chi connectivity index (χ3v) is 2.92. The Morgan fingerprint density at radius 2 is 2.05 bits per heavy atom. The SMILES string of the molecule is Cc1cccc(CN(C)Cc2cc(F)cc(C#N)c2)n1. The third kappa shape index (κ3) is 3.87. The molecule has 1 aromatic heterocycles. The lowest BCUT2D eigenvalue weighted by atomic mass is 10.1. The van der Waals surface area contributed by atoms with Crippen molar-refractivity contribution in [2.75, 3.05) is 7.05 Å². The molecule has 0 aliphatic carbocycles. The predicted octanol–water partition coefficient (Wildman–Crippen LogP) is 3.03. The Bertz CT molecular complexity index is 646. The number of nitrogens with zero attached hydrogens (tertiary/aromatic N) is 3. The number of rotatable bonds is 4. The summed E-state index contributed by atoms with van der Waals surface area (Å²) in [6.45, 7) is 3.21. The monoisotopic (exact) mass is 269 g/mol. The van der Waals surface area contributed by atoms with Crippen LogP contribution < -0.4 is 0 Å². The summed E-state index contributed by atoms with van der Waals surface area (Å²) in [7, 11) is 1.95.